The molecule has 1 aromatic rings. The number of nitriles is 1. The molecular weight excluding hydrogens is 190 g/mol. The molecule has 1 amide bonds. The summed E-state index contributed by atoms with van der Waals surface area (Å²) in [7, 11) is 0. The average Bonchev–Trinajstić information content (AvgIpc) is 2.19. The molecule has 0 aromatic heterocycles. The summed E-state index contributed by atoms with van der Waals surface area (Å²) >= 11 is 0. The number of carbonyl (C=O) groups is 1. The highest BCUT2D eigenvalue weighted by atomic mass is 16.1. The lowest BCUT2D eigenvalue weighted by molar-refractivity contribution is -0.114. The minimum Gasteiger partial charge on any atom is -0.365 e. The molecule has 76 valence electrons. The number of anilines is 1. The summed E-state index contributed by atoms with van der Waals surface area (Å²) in [6.45, 7) is 1.64. The standard InChI is InChI=1S/C11H11N3O/c1-8(10(7-12)11(13)15)14-9-5-3-2-4-6-9/h2-6,14H,1H3,(H2,13,15)/b10-8+. The number of nitrogens with one attached hydrogen (secondary N) is 1. The fourth-order valence-electron chi connectivity index (χ4n) is 1.12. The van der Waals surface area contributed by atoms with Gasteiger partial charge in [0.2, 0.25) is 0 Å². The smallest absolute Gasteiger partial charge is 0.261 e. The summed E-state index contributed by atoms with van der Waals surface area (Å²) < 4.78 is 0. The van der Waals surface area contributed by atoms with Gasteiger partial charge in [-0.1, -0.05) is 18.2 Å². The van der Waals surface area contributed by atoms with Crippen molar-refractivity contribution in [2.24, 2.45) is 5.73 Å². The van der Waals surface area contributed by atoms with Gasteiger partial charge >= 0.3 is 0 Å². The highest BCUT2D eigenvalue weighted by molar-refractivity contribution is 5.97. The number of nitrogens with zero attached hydrogens (tertiary/aromatic N) is 1. The van der Waals surface area contributed by atoms with E-state index < -0.39 is 5.91 Å². The van der Waals surface area contributed by atoms with Gasteiger partial charge in [0.25, 0.3) is 5.91 Å². The molecule has 3 N–H and O–H groups in total. The van der Waals surface area contributed by atoms with Crippen LogP contribution in [0.1, 0.15) is 6.92 Å². The van der Waals surface area contributed by atoms with Crippen LogP contribution in [0, 0.1) is 11.3 Å². The monoisotopic (exact) mass is 201 g/mol. The second kappa shape index (κ2) is 4.82. The first-order chi connectivity index (χ1) is 7.15. The van der Waals surface area contributed by atoms with Crippen molar-refractivity contribution in [1.29, 1.82) is 5.26 Å². The molecule has 0 saturated heterocycles. The molecule has 0 spiro atoms. The van der Waals surface area contributed by atoms with Gasteiger partial charge in [0.1, 0.15) is 11.6 Å². The Kier molecular flexibility index (Phi) is 3.47. The highest BCUT2D eigenvalue weighted by Gasteiger charge is 2.07. The van der Waals surface area contributed by atoms with Crippen molar-refractivity contribution >= 4 is 11.6 Å². The molecule has 4 nitrogen and oxygen atoms in total. The van der Waals surface area contributed by atoms with E-state index in [0.717, 1.165) is 5.69 Å². The van der Waals surface area contributed by atoms with E-state index in [0.29, 0.717) is 5.70 Å². The predicted octanol–water partition coefficient (Wildman–Crippen LogP) is 1.38. The van der Waals surface area contributed by atoms with Crippen LogP contribution in [-0.2, 0) is 4.79 Å². The highest BCUT2D eigenvalue weighted by Crippen LogP contribution is 2.11. The first kappa shape index (κ1) is 10.8. The van der Waals surface area contributed by atoms with Gasteiger partial charge in [-0.05, 0) is 19.1 Å². The van der Waals surface area contributed by atoms with Gasteiger partial charge in [-0.3, -0.25) is 4.79 Å². The maximum absolute atomic E-state index is 10.9. The molecule has 0 saturated carbocycles. The molecule has 0 heterocycles. The van der Waals surface area contributed by atoms with Crippen LogP contribution in [0.2, 0.25) is 0 Å². The summed E-state index contributed by atoms with van der Waals surface area (Å²) in [5.74, 6) is -0.724. The van der Waals surface area contributed by atoms with Crippen molar-refractivity contribution in [2.45, 2.75) is 6.92 Å². The molecule has 0 aliphatic carbocycles. The average molecular weight is 201 g/mol. The van der Waals surface area contributed by atoms with E-state index in [1.54, 1.807) is 13.0 Å². The van der Waals surface area contributed by atoms with E-state index in [2.05, 4.69) is 5.32 Å². The zero-order valence-electron chi connectivity index (χ0n) is 8.32. The van der Waals surface area contributed by atoms with Crippen molar-refractivity contribution < 1.29 is 4.79 Å². The Bertz CT molecular complexity index is 429. The number of amides is 1. The number of benzene rings is 1. The first-order valence-corrected chi connectivity index (χ1v) is 4.38. The van der Waals surface area contributed by atoms with E-state index >= 15 is 0 Å². The van der Waals surface area contributed by atoms with Crippen LogP contribution in [-0.4, -0.2) is 5.91 Å². The van der Waals surface area contributed by atoms with E-state index in [1.807, 2.05) is 30.3 Å². The van der Waals surface area contributed by atoms with Crippen LogP contribution in [0.25, 0.3) is 0 Å². The number of para-hydroxylation sites is 1. The number of allylic oxidation sites excluding steroid dienone is 1. The molecule has 0 aliphatic heterocycles. The van der Waals surface area contributed by atoms with Crippen LogP contribution in [0.4, 0.5) is 5.69 Å². The first-order valence-electron chi connectivity index (χ1n) is 4.38. The van der Waals surface area contributed by atoms with Crippen LogP contribution in [0.15, 0.2) is 41.6 Å². The minimum atomic E-state index is -0.724. The van der Waals surface area contributed by atoms with E-state index in [-0.39, 0.29) is 5.57 Å². The van der Waals surface area contributed by atoms with Gasteiger partial charge in [0.15, 0.2) is 0 Å². The molecule has 0 aliphatic rings. The topological polar surface area (TPSA) is 78.9 Å². The Morgan fingerprint density at radius 1 is 1.40 bits per heavy atom. The lowest BCUT2D eigenvalue weighted by atomic mass is 10.2. The summed E-state index contributed by atoms with van der Waals surface area (Å²) in [5.41, 5.74) is 6.25. The molecule has 0 fully saturated rings. The predicted molar refractivity (Wildman–Crippen MR) is 57.6 cm³/mol. The Hall–Kier alpha value is -2.28. The number of primary amides is 1. The quantitative estimate of drug-likeness (QED) is 0.572. The SMILES string of the molecule is C/C(Nc1ccccc1)=C(/C#N)C(N)=O. The van der Waals surface area contributed by atoms with E-state index in [1.165, 1.54) is 0 Å². The lowest BCUT2D eigenvalue weighted by Gasteiger charge is -2.06. The third-order valence-electron chi connectivity index (χ3n) is 1.84. The summed E-state index contributed by atoms with van der Waals surface area (Å²) in [6, 6.07) is 11.0. The molecule has 1 aromatic carbocycles. The van der Waals surface area contributed by atoms with Crippen molar-refractivity contribution in [1.82, 2.24) is 0 Å². The Balaban J connectivity index is 2.92. The Morgan fingerprint density at radius 2 is 2.00 bits per heavy atom. The maximum Gasteiger partial charge on any atom is 0.261 e. The summed E-state index contributed by atoms with van der Waals surface area (Å²) in [6.07, 6.45) is 0. The molecule has 0 unspecified atom stereocenters. The van der Waals surface area contributed by atoms with Gasteiger partial charge in [-0.25, -0.2) is 0 Å². The van der Waals surface area contributed by atoms with Crippen molar-refractivity contribution in [3.05, 3.63) is 41.6 Å². The number of hydrogen-bond donors (Lipinski definition) is 2. The fourth-order valence-corrected chi connectivity index (χ4v) is 1.12. The number of hydrogen-bond acceptors (Lipinski definition) is 3. The Morgan fingerprint density at radius 3 is 2.47 bits per heavy atom. The van der Waals surface area contributed by atoms with E-state index in [9.17, 15) is 4.79 Å². The van der Waals surface area contributed by atoms with Crippen LogP contribution in [0.3, 0.4) is 0 Å². The van der Waals surface area contributed by atoms with Crippen LogP contribution in [0.5, 0.6) is 0 Å². The molecule has 1 rings (SSSR count). The van der Waals surface area contributed by atoms with Crippen LogP contribution >= 0.6 is 0 Å². The molecular formula is C11H11N3O. The van der Waals surface area contributed by atoms with Gasteiger partial charge in [-0.15, -0.1) is 0 Å². The minimum absolute atomic E-state index is 0.0566. The van der Waals surface area contributed by atoms with Crippen molar-refractivity contribution in [2.75, 3.05) is 5.32 Å². The third-order valence-corrected chi connectivity index (χ3v) is 1.84. The zero-order valence-corrected chi connectivity index (χ0v) is 8.32. The number of nitrogens with two attached hydrogens (primary N) is 1. The fraction of sp³-hybridized carbons (Fsp3) is 0.0909. The molecule has 0 radical (unpaired) electrons. The van der Waals surface area contributed by atoms with Gasteiger partial charge in [0.05, 0.1) is 0 Å². The van der Waals surface area contributed by atoms with Crippen LogP contribution < -0.4 is 11.1 Å². The molecule has 15 heavy (non-hydrogen) atoms. The number of rotatable bonds is 3. The van der Waals surface area contributed by atoms with Crippen molar-refractivity contribution in [3.8, 4) is 6.07 Å². The second-order valence-corrected chi connectivity index (χ2v) is 2.97. The third kappa shape index (κ3) is 2.85. The molecule has 4 heteroatoms. The maximum atomic E-state index is 10.9. The Labute approximate surface area is 88.0 Å². The summed E-state index contributed by atoms with van der Waals surface area (Å²) in [5, 5.41) is 11.6. The normalized spacial score (nSPS) is 11.2. The van der Waals surface area contributed by atoms with Gasteiger partial charge < -0.3 is 11.1 Å². The van der Waals surface area contributed by atoms with Gasteiger partial charge in [-0.2, -0.15) is 5.26 Å². The van der Waals surface area contributed by atoms with Crippen molar-refractivity contribution in [3.63, 3.8) is 0 Å². The molecule has 0 atom stereocenters. The number of carbonyl (C=O) groups excluding carboxylic acids is 1. The van der Waals surface area contributed by atoms with Gasteiger partial charge in [0, 0.05) is 11.4 Å². The molecule has 0 bridgehead atoms. The largest absolute Gasteiger partial charge is 0.365 e. The van der Waals surface area contributed by atoms with E-state index in [4.69, 9.17) is 11.0 Å². The second-order valence-electron chi connectivity index (χ2n) is 2.97. The lowest BCUT2D eigenvalue weighted by Crippen LogP contribution is -2.16. The summed E-state index contributed by atoms with van der Waals surface area (Å²) in [4.78, 5) is 10.9. The zero-order chi connectivity index (χ0) is 11.3.